The molecule has 4 N–H and O–H groups in total. The number of hydrogen-bond acceptors (Lipinski definition) is 4. The van der Waals surface area contributed by atoms with Crippen molar-refractivity contribution in [3.63, 3.8) is 0 Å². The van der Waals surface area contributed by atoms with Gasteiger partial charge in [0, 0.05) is 13.5 Å². The smallest absolute Gasteiger partial charge is 0.234 e. The van der Waals surface area contributed by atoms with Crippen molar-refractivity contribution >= 4 is 5.91 Å². The molecule has 5 heteroatoms. The van der Waals surface area contributed by atoms with Crippen LogP contribution in [0.3, 0.4) is 0 Å². The third-order valence-corrected chi connectivity index (χ3v) is 2.58. The van der Waals surface area contributed by atoms with E-state index < -0.39 is 11.9 Å². The van der Waals surface area contributed by atoms with E-state index in [1.165, 1.54) is 5.56 Å². The molecule has 1 atom stereocenters. The van der Waals surface area contributed by atoms with Crippen molar-refractivity contribution in [3.8, 4) is 5.75 Å². The highest BCUT2D eigenvalue weighted by Crippen LogP contribution is 2.13. The molecule has 0 saturated carbocycles. The van der Waals surface area contributed by atoms with Crippen LogP contribution in [0.25, 0.3) is 0 Å². The van der Waals surface area contributed by atoms with Crippen LogP contribution in [0.15, 0.2) is 24.3 Å². The lowest BCUT2D eigenvalue weighted by Gasteiger charge is -2.09. The Morgan fingerprint density at radius 1 is 1.28 bits per heavy atom. The topological polar surface area (TPSA) is 87.6 Å². The first-order chi connectivity index (χ1) is 8.63. The Kier molecular flexibility index (Phi) is 6.18. The number of hydrogen-bond donors (Lipinski definition) is 2. The maximum Gasteiger partial charge on any atom is 0.234 e. The van der Waals surface area contributed by atoms with E-state index in [1.807, 2.05) is 24.3 Å². The number of rotatable bonds is 8. The minimum absolute atomic E-state index is 0.377. The van der Waals surface area contributed by atoms with Gasteiger partial charge in [0.15, 0.2) is 0 Å². The van der Waals surface area contributed by atoms with Crippen LogP contribution in [0.4, 0.5) is 0 Å². The van der Waals surface area contributed by atoms with Gasteiger partial charge in [0.25, 0.3) is 0 Å². The van der Waals surface area contributed by atoms with Crippen molar-refractivity contribution in [2.75, 3.05) is 20.3 Å². The zero-order valence-corrected chi connectivity index (χ0v) is 10.6. The average Bonchev–Trinajstić information content (AvgIpc) is 2.37. The van der Waals surface area contributed by atoms with Crippen LogP contribution < -0.4 is 16.2 Å². The van der Waals surface area contributed by atoms with Gasteiger partial charge in [-0.3, -0.25) is 4.79 Å². The molecular weight excluding hydrogens is 232 g/mol. The van der Waals surface area contributed by atoms with E-state index in [4.69, 9.17) is 20.9 Å². The lowest BCUT2D eigenvalue weighted by Crippen LogP contribution is -2.37. The van der Waals surface area contributed by atoms with Crippen molar-refractivity contribution in [3.05, 3.63) is 29.8 Å². The molecule has 0 saturated heterocycles. The van der Waals surface area contributed by atoms with E-state index in [9.17, 15) is 4.79 Å². The molecule has 1 unspecified atom stereocenters. The van der Waals surface area contributed by atoms with Gasteiger partial charge >= 0.3 is 0 Å². The third-order valence-electron chi connectivity index (χ3n) is 2.58. The number of primary amides is 1. The third kappa shape index (κ3) is 5.16. The van der Waals surface area contributed by atoms with E-state index in [1.54, 1.807) is 7.11 Å². The normalized spacial score (nSPS) is 12.1. The fraction of sp³-hybridized carbons (Fsp3) is 0.462. The molecule has 0 aliphatic rings. The molecule has 0 aliphatic heterocycles. The summed E-state index contributed by atoms with van der Waals surface area (Å²) in [5.74, 6) is 0.251. The minimum atomic E-state index is -0.647. The number of carbonyl (C=O) groups excluding carboxylic acids is 1. The van der Waals surface area contributed by atoms with Crippen LogP contribution in [0, 0.1) is 0 Å². The molecule has 0 aromatic heterocycles. The summed E-state index contributed by atoms with van der Waals surface area (Å²) in [6.45, 7) is 1.08. The standard InChI is InChI=1S/C13H20N2O3/c1-17-8-6-10-2-4-11(5-3-10)18-9-7-12(14)13(15)16/h2-5,12H,6-9,14H2,1H3,(H2,15,16). The number of ether oxygens (including phenoxy) is 2. The van der Waals surface area contributed by atoms with Gasteiger partial charge in [-0.25, -0.2) is 0 Å². The largest absolute Gasteiger partial charge is 0.494 e. The summed E-state index contributed by atoms with van der Waals surface area (Å²) in [4.78, 5) is 10.7. The van der Waals surface area contributed by atoms with Gasteiger partial charge in [-0.2, -0.15) is 0 Å². The van der Waals surface area contributed by atoms with E-state index in [0.29, 0.717) is 19.6 Å². The highest BCUT2D eigenvalue weighted by atomic mass is 16.5. The molecule has 0 spiro atoms. The first-order valence-corrected chi connectivity index (χ1v) is 5.89. The summed E-state index contributed by atoms with van der Waals surface area (Å²) >= 11 is 0. The lowest BCUT2D eigenvalue weighted by molar-refractivity contribution is -0.119. The van der Waals surface area contributed by atoms with Crippen LogP contribution in [0.2, 0.25) is 0 Å². The molecular formula is C13H20N2O3. The van der Waals surface area contributed by atoms with Gasteiger partial charge in [-0.15, -0.1) is 0 Å². The molecule has 1 amide bonds. The fourth-order valence-corrected chi connectivity index (χ4v) is 1.42. The molecule has 0 fully saturated rings. The van der Waals surface area contributed by atoms with Crippen molar-refractivity contribution < 1.29 is 14.3 Å². The molecule has 1 rings (SSSR count). The number of nitrogens with two attached hydrogens (primary N) is 2. The van der Waals surface area contributed by atoms with Crippen LogP contribution in [-0.4, -0.2) is 32.3 Å². The molecule has 18 heavy (non-hydrogen) atoms. The van der Waals surface area contributed by atoms with E-state index in [0.717, 1.165) is 12.2 Å². The van der Waals surface area contributed by atoms with Crippen molar-refractivity contribution in [1.82, 2.24) is 0 Å². The van der Waals surface area contributed by atoms with Gasteiger partial charge < -0.3 is 20.9 Å². The van der Waals surface area contributed by atoms with Crippen LogP contribution in [-0.2, 0) is 16.0 Å². The Labute approximate surface area is 107 Å². The summed E-state index contributed by atoms with van der Waals surface area (Å²) < 4.78 is 10.5. The average molecular weight is 252 g/mol. The Hall–Kier alpha value is -1.59. The fourth-order valence-electron chi connectivity index (χ4n) is 1.42. The molecule has 100 valence electrons. The second-order valence-electron chi connectivity index (χ2n) is 4.03. The maximum atomic E-state index is 10.7. The lowest BCUT2D eigenvalue weighted by atomic mass is 10.1. The van der Waals surface area contributed by atoms with Gasteiger partial charge in [-0.1, -0.05) is 12.1 Å². The zero-order chi connectivity index (χ0) is 13.4. The van der Waals surface area contributed by atoms with Gasteiger partial charge in [0.1, 0.15) is 5.75 Å². The number of methoxy groups -OCH3 is 1. The predicted molar refractivity (Wildman–Crippen MR) is 69.3 cm³/mol. The SMILES string of the molecule is COCCc1ccc(OCCC(N)C(N)=O)cc1. The molecule has 1 aromatic rings. The maximum absolute atomic E-state index is 10.7. The second-order valence-corrected chi connectivity index (χ2v) is 4.03. The summed E-state index contributed by atoms with van der Waals surface area (Å²) in [6.07, 6.45) is 1.30. The van der Waals surface area contributed by atoms with Crippen LogP contribution in [0.5, 0.6) is 5.75 Å². The van der Waals surface area contributed by atoms with E-state index >= 15 is 0 Å². The Balaban J connectivity index is 2.32. The predicted octanol–water partition coefficient (Wildman–Crippen LogP) is 0.457. The summed E-state index contributed by atoms with van der Waals surface area (Å²) in [5.41, 5.74) is 11.7. The highest BCUT2D eigenvalue weighted by Gasteiger charge is 2.08. The molecule has 0 heterocycles. The first kappa shape index (κ1) is 14.5. The van der Waals surface area contributed by atoms with Crippen molar-refractivity contribution in [2.45, 2.75) is 18.9 Å². The highest BCUT2D eigenvalue weighted by molar-refractivity contribution is 5.79. The van der Waals surface area contributed by atoms with Crippen molar-refractivity contribution in [2.24, 2.45) is 11.5 Å². The molecule has 0 radical (unpaired) electrons. The van der Waals surface area contributed by atoms with E-state index in [2.05, 4.69) is 0 Å². The van der Waals surface area contributed by atoms with Crippen LogP contribution >= 0.6 is 0 Å². The zero-order valence-electron chi connectivity index (χ0n) is 10.6. The summed E-state index contributed by atoms with van der Waals surface area (Å²) in [7, 11) is 1.68. The van der Waals surface area contributed by atoms with Crippen LogP contribution in [0.1, 0.15) is 12.0 Å². The summed E-state index contributed by atoms with van der Waals surface area (Å²) in [5, 5.41) is 0. The second kappa shape index (κ2) is 7.68. The number of amides is 1. The number of carbonyl (C=O) groups is 1. The summed E-state index contributed by atoms with van der Waals surface area (Å²) in [6, 6.07) is 7.11. The molecule has 0 aliphatic carbocycles. The van der Waals surface area contributed by atoms with Gasteiger partial charge in [0.2, 0.25) is 5.91 Å². The Morgan fingerprint density at radius 3 is 2.50 bits per heavy atom. The molecule has 0 bridgehead atoms. The van der Waals surface area contributed by atoms with Crippen molar-refractivity contribution in [1.29, 1.82) is 0 Å². The molecule has 1 aromatic carbocycles. The Bertz CT molecular complexity index is 365. The molecule has 5 nitrogen and oxygen atoms in total. The van der Waals surface area contributed by atoms with E-state index in [-0.39, 0.29) is 0 Å². The first-order valence-electron chi connectivity index (χ1n) is 5.89. The van der Waals surface area contributed by atoms with Gasteiger partial charge in [-0.05, 0) is 24.1 Å². The minimum Gasteiger partial charge on any atom is -0.494 e. The van der Waals surface area contributed by atoms with Gasteiger partial charge in [0.05, 0.1) is 19.3 Å². The quantitative estimate of drug-likeness (QED) is 0.703. The Morgan fingerprint density at radius 2 is 1.94 bits per heavy atom. The monoisotopic (exact) mass is 252 g/mol. The number of benzene rings is 1.